The van der Waals surface area contributed by atoms with Crippen LogP contribution in [0.4, 0.5) is 11.6 Å². The Kier molecular flexibility index (Phi) is 4.04. The monoisotopic (exact) mass is 274 g/mol. The summed E-state index contributed by atoms with van der Waals surface area (Å²) in [4.78, 5) is 7.68. The Bertz CT molecular complexity index is 628. The average Bonchev–Trinajstić information content (AvgIpc) is 2.82. The molecule has 0 saturated carbocycles. The summed E-state index contributed by atoms with van der Waals surface area (Å²) in [6, 6.07) is 15.9. The lowest BCUT2D eigenvalue weighted by atomic mass is 10.2. The third kappa shape index (κ3) is 2.86. The molecule has 4 nitrogen and oxygen atoms in total. The zero-order chi connectivity index (χ0) is 12.4. The minimum atomic E-state index is 0. The molecular formula is C14H15ClN4. The smallest absolute Gasteiger partial charge is 0.205 e. The highest BCUT2D eigenvalue weighted by Gasteiger charge is 2.01. The fourth-order valence-corrected chi connectivity index (χ4v) is 1.87. The van der Waals surface area contributed by atoms with E-state index in [9.17, 15) is 0 Å². The maximum absolute atomic E-state index is 5.56. The van der Waals surface area contributed by atoms with Crippen molar-refractivity contribution in [2.75, 3.05) is 5.32 Å². The van der Waals surface area contributed by atoms with Crippen molar-refractivity contribution >= 4 is 35.1 Å². The molecule has 2 aromatic carbocycles. The zero-order valence-electron chi connectivity index (χ0n) is 10.3. The van der Waals surface area contributed by atoms with Gasteiger partial charge in [0.05, 0.1) is 11.0 Å². The van der Waals surface area contributed by atoms with E-state index in [2.05, 4.69) is 15.3 Å². The van der Waals surface area contributed by atoms with Crippen molar-refractivity contribution in [2.45, 2.75) is 6.54 Å². The van der Waals surface area contributed by atoms with Crippen LogP contribution in [-0.4, -0.2) is 9.97 Å². The second-order valence-electron chi connectivity index (χ2n) is 4.13. The SMILES string of the molecule is Cl.NCc1ccc(Nc2nc3ccccc3[nH]2)cc1. The highest BCUT2D eigenvalue weighted by atomic mass is 35.5. The molecule has 98 valence electrons. The maximum atomic E-state index is 5.56. The fourth-order valence-electron chi connectivity index (χ4n) is 1.87. The highest BCUT2D eigenvalue weighted by molar-refractivity contribution is 5.85. The molecule has 0 spiro atoms. The normalized spacial score (nSPS) is 10.2. The molecule has 4 N–H and O–H groups in total. The van der Waals surface area contributed by atoms with Crippen LogP contribution in [0.15, 0.2) is 48.5 Å². The lowest BCUT2D eigenvalue weighted by Crippen LogP contribution is -1.97. The number of hydrogen-bond donors (Lipinski definition) is 3. The first-order chi connectivity index (χ1) is 8.85. The summed E-state index contributed by atoms with van der Waals surface area (Å²) in [6.45, 7) is 0.560. The van der Waals surface area contributed by atoms with Gasteiger partial charge in [-0.2, -0.15) is 0 Å². The number of aromatic nitrogens is 2. The number of fused-ring (bicyclic) bond motifs is 1. The molecule has 0 radical (unpaired) electrons. The van der Waals surface area contributed by atoms with Crippen LogP contribution < -0.4 is 11.1 Å². The molecule has 0 aliphatic carbocycles. The highest BCUT2D eigenvalue weighted by Crippen LogP contribution is 2.18. The number of benzene rings is 2. The van der Waals surface area contributed by atoms with Crippen molar-refractivity contribution in [1.82, 2.24) is 9.97 Å². The lowest BCUT2D eigenvalue weighted by Gasteiger charge is -2.03. The molecule has 1 aromatic heterocycles. The zero-order valence-corrected chi connectivity index (χ0v) is 11.1. The molecule has 0 fully saturated rings. The maximum Gasteiger partial charge on any atom is 0.205 e. The van der Waals surface area contributed by atoms with Crippen LogP contribution in [0.2, 0.25) is 0 Å². The molecule has 0 amide bonds. The predicted molar refractivity (Wildman–Crippen MR) is 81.0 cm³/mol. The van der Waals surface area contributed by atoms with E-state index in [0.29, 0.717) is 6.54 Å². The molecule has 0 bridgehead atoms. The molecule has 3 rings (SSSR count). The van der Waals surface area contributed by atoms with E-state index in [4.69, 9.17) is 5.73 Å². The van der Waals surface area contributed by atoms with E-state index >= 15 is 0 Å². The van der Waals surface area contributed by atoms with Crippen LogP contribution >= 0.6 is 12.4 Å². The van der Waals surface area contributed by atoms with Gasteiger partial charge in [0, 0.05) is 12.2 Å². The third-order valence-electron chi connectivity index (χ3n) is 2.84. The number of rotatable bonds is 3. The van der Waals surface area contributed by atoms with Crippen molar-refractivity contribution in [1.29, 1.82) is 0 Å². The number of para-hydroxylation sites is 2. The van der Waals surface area contributed by atoms with Crippen molar-refractivity contribution in [3.8, 4) is 0 Å². The lowest BCUT2D eigenvalue weighted by molar-refractivity contribution is 1.07. The first kappa shape index (κ1) is 13.4. The van der Waals surface area contributed by atoms with Gasteiger partial charge in [-0.05, 0) is 29.8 Å². The van der Waals surface area contributed by atoms with Crippen LogP contribution in [0.5, 0.6) is 0 Å². The van der Waals surface area contributed by atoms with Gasteiger partial charge in [0.25, 0.3) is 0 Å². The molecular weight excluding hydrogens is 260 g/mol. The third-order valence-corrected chi connectivity index (χ3v) is 2.84. The second kappa shape index (κ2) is 5.73. The predicted octanol–water partition coefficient (Wildman–Crippen LogP) is 3.19. The Labute approximate surface area is 117 Å². The van der Waals surface area contributed by atoms with E-state index in [-0.39, 0.29) is 12.4 Å². The van der Waals surface area contributed by atoms with Crippen molar-refractivity contribution in [3.05, 3.63) is 54.1 Å². The molecule has 0 aliphatic rings. The van der Waals surface area contributed by atoms with Crippen molar-refractivity contribution < 1.29 is 0 Å². The van der Waals surface area contributed by atoms with Crippen LogP contribution in [0.1, 0.15) is 5.56 Å². The topological polar surface area (TPSA) is 66.7 Å². The van der Waals surface area contributed by atoms with Crippen molar-refractivity contribution in [2.24, 2.45) is 5.73 Å². The van der Waals surface area contributed by atoms with Gasteiger partial charge in [-0.1, -0.05) is 24.3 Å². The molecule has 0 aliphatic heterocycles. The summed E-state index contributed by atoms with van der Waals surface area (Å²) in [6.07, 6.45) is 0. The summed E-state index contributed by atoms with van der Waals surface area (Å²) in [5, 5.41) is 3.24. The minimum Gasteiger partial charge on any atom is -0.326 e. The Morgan fingerprint density at radius 2 is 1.79 bits per heavy atom. The first-order valence-electron chi connectivity index (χ1n) is 5.86. The van der Waals surface area contributed by atoms with Gasteiger partial charge in [-0.15, -0.1) is 12.4 Å². The van der Waals surface area contributed by atoms with E-state index in [1.807, 2.05) is 48.5 Å². The van der Waals surface area contributed by atoms with Crippen LogP contribution in [0.25, 0.3) is 11.0 Å². The molecule has 0 atom stereocenters. The Hall–Kier alpha value is -2.04. The number of anilines is 2. The van der Waals surface area contributed by atoms with Gasteiger partial charge < -0.3 is 16.0 Å². The van der Waals surface area contributed by atoms with E-state index in [1.54, 1.807) is 0 Å². The molecule has 19 heavy (non-hydrogen) atoms. The van der Waals surface area contributed by atoms with Crippen LogP contribution in [0.3, 0.4) is 0 Å². The number of imidazole rings is 1. The van der Waals surface area contributed by atoms with Crippen molar-refractivity contribution in [3.63, 3.8) is 0 Å². The molecule has 3 aromatic rings. The Morgan fingerprint density at radius 1 is 1.05 bits per heavy atom. The fraction of sp³-hybridized carbons (Fsp3) is 0.0714. The first-order valence-corrected chi connectivity index (χ1v) is 5.86. The standard InChI is InChI=1S/C14H14N4.ClH/c15-9-10-5-7-11(8-6-10)16-14-17-12-3-1-2-4-13(12)18-14;/h1-8H,9,15H2,(H2,16,17,18);1H. The molecule has 1 heterocycles. The summed E-state index contributed by atoms with van der Waals surface area (Å²) in [5.41, 5.74) is 9.66. The van der Waals surface area contributed by atoms with E-state index in [0.717, 1.165) is 28.2 Å². The Balaban J connectivity index is 0.00000133. The summed E-state index contributed by atoms with van der Waals surface area (Å²) in [7, 11) is 0. The number of H-pyrrole nitrogens is 1. The number of nitrogens with two attached hydrogens (primary N) is 1. The minimum absolute atomic E-state index is 0. The van der Waals surface area contributed by atoms with Gasteiger partial charge in [0.1, 0.15) is 0 Å². The number of halogens is 1. The number of aromatic amines is 1. The molecule has 5 heteroatoms. The van der Waals surface area contributed by atoms with Crippen LogP contribution in [0, 0.1) is 0 Å². The molecule has 0 unspecified atom stereocenters. The van der Waals surface area contributed by atoms with E-state index in [1.165, 1.54) is 0 Å². The van der Waals surface area contributed by atoms with E-state index < -0.39 is 0 Å². The van der Waals surface area contributed by atoms with Gasteiger partial charge in [-0.25, -0.2) is 4.98 Å². The molecule has 0 saturated heterocycles. The summed E-state index contributed by atoms with van der Waals surface area (Å²) in [5.74, 6) is 0.747. The summed E-state index contributed by atoms with van der Waals surface area (Å²) >= 11 is 0. The number of nitrogens with one attached hydrogen (secondary N) is 2. The quantitative estimate of drug-likeness (QED) is 0.687. The Morgan fingerprint density at radius 3 is 2.47 bits per heavy atom. The summed E-state index contributed by atoms with van der Waals surface area (Å²) < 4.78 is 0. The van der Waals surface area contributed by atoms with Gasteiger partial charge in [-0.3, -0.25) is 0 Å². The van der Waals surface area contributed by atoms with Crippen LogP contribution in [-0.2, 0) is 6.54 Å². The largest absolute Gasteiger partial charge is 0.326 e. The van der Waals surface area contributed by atoms with Gasteiger partial charge >= 0.3 is 0 Å². The van der Waals surface area contributed by atoms with Gasteiger partial charge in [0.15, 0.2) is 0 Å². The number of nitrogens with zero attached hydrogens (tertiary/aromatic N) is 1. The average molecular weight is 275 g/mol. The van der Waals surface area contributed by atoms with Gasteiger partial charge in [0.2, 0.25) is 5.95 Å². The second-order valence-corrected chi connectivity index (χ2v) is 4.13. The number of hydrogen-bond acceptors (Lipinski definition) is 3.